The van der Waals surface area contributed by atoms with Crippen LogP contribution >= 0.6 is 0 Å². The maximum Gasteiger partial charge on any atom is 0.252 e. The molecule has 4 heterocycles. The van der Waals surface area contributed by atoms with Gasteiger partial charge in [-0.3, -0.25) is 0 Å². The van der Waals surface area contributed by atoms with Gasteiger partial charge in [0.05, 0.1) is 33.4 Å². The largest absolute Gasteiger partial charge is 0.311 e. The van der Waals surface area contributed by atoms with Crippen LogP contribution in [0.3, 0.4) is 0 Å². The Labute approximate surface area is 584 Å². The predicted octanol–water partition coefficient (Wildman–Crippen LogP) is 23.8. The van der Waals surface area contributed by atoms with Crippen LogP contribution in [0.15, 0.2) is 285 Å². The second kappa shape index (κ2) is 22.9. The number of benzene rings is 13. The predicted molar refractivity (Wildman–Crippen MR) is 426 cm³/mol. The molecule has 0 bridgehead atoms. The smallest absolute Gasteiger partial charge is 0.252 e. The Kier molecular flexibility index (Phi) is 14.2. The lowest BCUT2D eigenvalue weighted by Crippen LogP contribution is -2.61. The summed E-state index contributed by atoms with van der Waals surface area (Å²) in [6.07, 6.45) is 0. The molecule has 99 heavy (non-hydrogen) atoms. The summed E-state index contributed by atoms with van der Waals surface area (Å²) in [6, 6.07) is 109. The van der Waals surface area contributed by atoms with Crippen LogP contribution in [0.5, 0.6) is 0 Å². The molecule has 0 atom stereocenters. The first-order valence-corrected chi connectivity index (χ1v) is 35.4. The van der Waals surface area contributed by atoms with Gasteiger partial charge >= 0.3 is 0 Å². The Balaban J connectivity index is 1.00. The van der Waals surface area contributed by atoms with Crippen LogP contribution in [0.25, 0.3) is 99.5 Å². The van der Waals surface area contributed by atoms with Crippen molar-refractivity contribution < 1.29 is 0 Å². The summed E-state index contributed by atoms with van der Waals surface area (Å²) in [5.74, 6) is 0. The molecule has 4 nitrogen and oxygen atoms in total. The van der Waals surface area contributed by atoms with Gasteiger partial charge in [0.1, 0.15) is 0 Å². The van der Waals surface area contributed by atoms with Crippen LogP contribution in [-0.2, 0) is 21.7 Å². The third kappa shape index (κ3) is 10.2. The van der Waals surface area contributed by atoms with Gasteiger partial charge in [0.15, 0.2) is 0 Å². The van der Waals surface area contributed by atoms with Gasteiger partial charge in [0, 0.05) is 77.9 Å². The van der Waals surface area contributed by atoms with E-state index in [-0.39, 0.29) is 28.4 Å². The van der Waals surface area contributed by atoms with Gasteiger partial charge in [-0.1, -0.05) is 295 Å². The quantitative estimate of drug-likeness (QED) is 0.141. The average molecular weight is 1280 g/mol. The first kappa shape index (κ1) is 61.7. The Morgan fingerprint density at radius 1 is 0.242 bits per heavy atom. The minimum Gasteiger partial charge on any atom is -0.311 e. The van der Waals surface area contributed by atoms with Gasteiger partial charge in [0.2, 0.25) is 0 Å². The van der Waals surface area contributed by atoms with Gasteiger partial charge in [0.25, 0.3) is 6.71 Å². The highest BCUT2D eigenvalue weighted by Gasteiger charge is 2.45. The molecular weight excluding hydrogens is 1200 g/mol. The number of para-hydroxylation sites is 6. The molecule has 5 heteroatoms. The van der Waals surface area contributed by atoms with Crippen molar-refractivity contribution in [2.45, 2.75) is 105 Å². The third-order valence-corrected chi connectivity index (χ3v) is 21.3. The molecule has 2 aliphatic heterocycles. The van der Waals surface area contributed by atoms with E-state index in [2.05, 4.69) is 387 Å². The monoisotopic (exact) mass is 1280 g/mol. The lowest BCUT2D eigenvalue weighted by atomic mass is 9.33. The zero-order chi connectivity index (χ0) is 68.0. The van der Waals surface area contributed by atoms with Crippen molar-refractivity contribution in [1.29, 1.82) is 0 Å². The van der Waals surface area contributed by atoms with Crippen LogP contribution in [0.4, 0.5) is 34.1 Å². The molecule has 13 aromatic carbocycles. The highest BCUT2D eigenvalue weighted by molar-refractivity contribution is 7.00. The van der Waals surface area contributed by atoms with E-state index < -0.39 is 0 Å². The Morgan fingerprint density at radius 2 is 0.566 bits per heavy atom. The number of aromatic nitrogens is 2. The zero-order valence-corrected chi connectivity index (χ0v) is 59.0. The third-order valence-electron chi connectivity index (χ3n) is 21.3. The van der Waals surface area contributed by atoms with Gasteiger partial charge in [-0.2, -0.15) is 0 Å². The molecule has 0 N–H and O–H groups in total. The van der Waals surface area contributed by atoms with Crippen LogP contribution in [0.1, 0.15) is 105 Å². The van der Waals surface area contributed by atoms with E-state index in [9.17, 15) is 0 Å². The van der Waals surface area contributed by atoms with E-state index in [1.807, 2.05) is 0 Å². The van der Waals surface area contributed by atoms with Crippen molar-refractivity contribution in [2.24, 2.45) is 0 Å². The highest BCUT2D eigenvalue weighted by Crippen LogP contribution is 2.51. The molecule has 0 saturated heterocycles. The molecule has 0 radical (unpaired) electrons. The number of fused-ring (bicyclic) bond motifs is 10. The second-order valence-electron chi connectivity index (χ2n) is 31.8. The lowest BCUT2D eigenvalue weighted by Gasteiger charge is -2.45. The summed E-state index contributed by atoms with van der Waals surface area (Å²) in [6.45, 7) is 27.9. The van der Waals surface area contributed by atoms with E-state index >= 15 is 0 Å². The summed E-state index contributed by atoms with van der Waals surface area (Å²) in [5.41, 5.74) is 32.0. The molecule has 0 fully saturated rings. The normalized spacial score (nSPS) is 13.2. The molecule has 0 aliphatic carbocycles. The molecule has 0 saturated carbocycles. The average Bonchev–Trinajstić information content (AvgIpc) is 0.966. The number of anilines is 6. The maximum atomic E-state index is 2.63. The van der Waals surface area contributed by atoms with E-state index in [1.54, 1.807) is 0 Å². The number of hydrogen-bond donors (Lipinski definition) is 0. The fraction of sp³-hybridized carbons (Fsp3) is 0.170. The van der Waals surface area contributed by atoms with E-state index in [1.165, 1.54) is 127 Å². The number of hydrogen-bond acceptors (Lipinski definition) is 2. The molecule has 2 aliphatic rings. The van der Waals surface area contributed by atoms with E-state index in [0.717, 1.165) is 45.5 Å². The molecule has 15 aromatic rings. The van der Waals surface area contributed by atoms with Crippen molar-refractivity contribution in [3.05, 3.63) is 307 Å². The van der Waals surface area contributed by atoms with Crippen LogP contribution in [-0.4, -0.2) is 15.8 Å². The summed E-state index contributed by atoms with van der Waals surface area (Å²) in [7, 11) is 0. The molecule has 0 amide bonds. The number of rotatable bonds is 8. The molecule has 2 aromatic heterocycles. The van der Waals surface area contributed by atoms with Gasteiger partial charge in [-0.15, -0.1) is 0 Å². The standard InChI is InChI=1S/C94H83BN4/c1-91(2,3)64-52-62(53-65(56-64)92(4,5)6)70-34-19-23-42-80(70)98-84-50-48-68(96-82-44-25-21-36-74(82)76-40-27-38-72(89(76)96)60-30-15-13-16-31-60)58-78(84)95-79-59-69(97-83-45-26-22-37-75(83)77-41-28-39-73(90(77)97)61-32-17-14-18-33-61)49-51-85(79)99(87-47-29-46-86(98)88(87)95)81-43-24-20-35-71(81)63-54-66(93(7,8)9)57-67(55-63)94(10,11)12/h13-59H,1-12H3. The van der Waals surface area contributed by atoms with Crippen molar-refractivity contribution in [1.82, 2.24) is 9.13 Å². The van der Waals surface area contributed by atoms with Crippen LogP contribution in [0, 0.1) is 0 Å². The molecular formula is C94H83BN4. The Bertz CT molecular complexity index is 5320. The first-order chi connectivity index (χ1) is 47.7. The second-order valence-corrected chi connectivity index (χ2v) is 31.8. The van der Waals surface area contributed by atoms with E-state index in [0.29, 0.717) is 0 Å². The van der Waals surface area contributed by atoms with Gasteiger partial charge in [-0.05, 0) is 155 Å². The van der Waals surface area contributed by atoms with Gasteiger partial charge < -0.3 is 18.9 Å². The Hall–Kier alpha value is -10.9. The summed E-state index contributed by atoms with van der Waals surface area (Å²) in [4.78, 5) is 5.26. The highest BCUT2D eigenvalue weighted by atomic mass is 15.2. The zero-order valence-electron chi connectivity index (χ0n) is 59.0. The molecule has 0 spiro atoms. The molecule has 0 unspecified atom stereocenters. The summed E-state index contributed by atoms with van der Waals surface area (Å²) < 4.78 is 5.12. The SMILES string of the molecule is CC(C)(C)c1cc(-c2ccccc2N2c3ccc(-n4c5ccccc5c5cccc(-c6ccccc6)c54)cc3B3c4cc(-n5c6ccccc6c6cccc(-c7ccccc7)c65)ccc4N(c4ccccc4-c4cc(C(C)(C)C)cc(C(C)(C)C)c4)c4cccc2c43)cc(C(C)(C)C)c1. The fourth-order valence-corrected chi connectivity index (χ4v) is 16.1. The minimum atomic E-state index is -0.246. The van der Waals surface area contributed by atoms with Gasteiger partial charge in [-0.25, -0.2) is 0 Å². The minimum absolute atomic E-state index is 0.0886. The topological polar surface area (TPSA) is 16.3 Å². The number of nitrogens with zero attached hydrogens (tertiary/aromatic N) is 4. The Morgan fingerprint density at radius 3 is 0.960 bits per heavy atom. The van der Waals surface area contributed by atoms with Crippen molar-refractivity contribution in [3.63, 3.8) is 0 Å². The van der Waals surface area contributed by atoms with Crippen molar-refractivity contribution in [3.8, 4) is 55.9 Å². The molecule has 17 rings (SSSR count). The first-order valence-electron chi connectivity index (χ1n) is 35.4. The van der Waals surface area contributed by atoms with Crippen LogP contribution in [0.2, 0.25) is 0 Å². The van der Waals surface area contributed by atoms with E-state index in [4.69, 9.17) is 0 Å². The van der Waals surface area contributed by atoms with Crippen molar-refractivity contribution in [2.75, 3.05) is 9.80 Å². The summed E-state index contributed by atoms with van der Waals surface area (Å²) in [5, 5.41) is 4.91. The van der Waals surface area contributed by atoms with Crippen molar-refractivity contribution >= 4 is 101 Å². The van der Waals surface area contributed by atoms with Crippen LogP contribution < -0.4 is 26.2 Å². The fourth-order valence-electron chi connectivity index (χ4n) is 16.1. The summed E-state index contributed by atoms with van der Waals surface area (Å²) >= 11 is 0. The lowest BCUT2D eigenvalue weighted by molar-refractivity contribution is 0.568. The maximum absolute atomic E-state index is 2.63. The molecule has 482 valence electrons.